The molecule has 1 aromatic heterocycles. The molecule has 0 unspecified atom stereocenters. The highest BCUT2D eigenvalue weighted by Crippen LogP contribution is 2.20. The molecule has 0 radical (unpaired) electrons. The number of rotatable bonds is 4. The molecule has 3 amide bonds. The van der Waals surface area contributed by atoms with Crippen molar-refractivity contribution in [3.63, 3.8) is 0 Å². The molecular formula is C24H33N5O2. The zero-order valence-corrected chi connectivity index (χ0v) is 18.6. The lowest BCUT2D eigenvalue weighted by Gasteiger charge is -2.36. The molecule has 7 heteroatoms. The minimum atomic E-state index is 0.0154. The van der Waals surface area contributed by atoms with Crippen LogP contribution in [0.2, 0.25) is 0 Å². The van der Waals surface area contributed by atoms with Crippen LogP contribution >= 0.6 is 0 Å². The quantitative estimate of drug-likeness (QED) is 0.820. The Hall–Kier alpha value is -2.83. The second kappa shape index (κ2) is 9.54. The van der Waals surface area contributed by atoms with Crippen LogP contribution in [0.1, 0.15) is 59.4 Å². The van der Waals surface area contributed by atoms with E-state index >= 15 is 0 Å². The number of hydrogen-bond acceptors (Lipinski definition) is 3. The van der Waals surface area contributed by atoms with Gasteiger partial charge < -0.3 is 15.1 Å². The van der Waals surface area contributed by atoms with Gasteiger partial charge in [-0.05, 0) is 32.3 Å². The molecular weight excluding hydrogens is 390 g/mol. The van der Waals surface area contributed by atoms with Crippen molar-refractivity contribution >= 4 is 11.9 Å². The third kappa shape index (κ3) is 4.92. The summed E-state index contributed by atoms with van der Waals surface area (Å²) in [5.41, 5.74) is 3.50. The van der Waals surface area contributed by atoms with E-state index in [2.05, 4.69) is 22.5 Å². The number of aromatic nitrogens is 2. The van der Waals surface area contributed by atoms with Crippen LogP contribution in [-0.2, 0) is 6.54 Å². The molecule has 1 saturated carbocycles. The highest BCUT2D eigenvalue weighted by Gasteiger charge is 2.29. The summed E-state index contributed by atoms with van der Waals surface area (Å²) in [5, 5.41) is 7.80. The van der Waals surface area contributed by atoms with E-state index in [0.29, 0.717) is 44.3 Å². The van der Waals surface area contributed by atoms with E-state index in [9.17, 15) is 9.59 Å². The number of piperazine rings is 1. The first-order chi connectivity index (χ1) is 15.0. The van der Waals surface area contributed by atoms with Crippen LogP contribution in [0.25, 0.3) is 0 Å². The lowest BCUT2D eigenvalue weighted by atomic mass is 9.96. The molecule has 2 aliphatic rings. The summed E-state index contributed by atoms with van der Waals surface area (Å²) in [6, 6.07) is 10.5. The van der Waals surface area contributed by atoms with Gasteiger partial charge in [0.25, 0.3) is 5.91 Å². The molecule has 31 heavy (non-hydrogen) atoms. The highest BCUT2D eigenvalue weighted by atomic mass is 16.2. The SMILES string of the molecule is Cc1nn(Cc2ccccc2)c(C)c1C(=O)N1CCN(C(=O)NC2CCCCC2)CC1. The van der Waals surface area contributed by atoms with Gasteiger partial charge in [0, 0.05) is 37.9 Å². The van der Waals surface area contributed by atoms with Gasteiger partial charge in [-0.15, -0.1) is 0 Å². The summed E-state index contributed by atoms with van der Waals surface area (Å²) < 4.78 is 1.91. The van der Waals surface area contributed by atoms with Crippen LogP contribution < -0.4 is 5.32 Å². The summed E-state index contributed by atoms with van der Waals surface area (Å²) in [6.07, 6.45) is 5.83. The van der Waals surface area contributed by atoms with Gasteiger partial charge >= 0.3 is 6.03 Å². The van der Waals surface area contributed by atoms with Gasteiger partial charge in [0.05, 0.1) is 17.8 Å². The molecule has 0 spiro atoms. The molecule has 4 rings (SSSR count). The molecule has 1 aromatic carbocycles. The van der Waals surface area contributed by atoms with Crippen LogP contribution in [0.3, 0.4) is 0 Å². The van der Waals surface area contributed by atoms with Crippen LogP contribution in [-0.4, -0.2) is 63.7 Å². The predicted octanol–water partition coefficient (Wildman–Crippen LogP) is 3.35. The Kier molecular flexibility index (Phi) is 6.59. The van der Waals surface area contributed by atoms with Crippen LogP contribution in [0.15, 0.2) is 30.3 Å². The average molecular weight is 424 g/mol. The van der Waals surface area contributed by atoms with Crippen molar-refractivity contribution in [3.8, 4) is 0 Å². The molecule has 0 bridgehead atoms. The summed E-state index contributed by atoms with van der Waals surface area (Å²) in [5.74, 6) is 0.0154. The Morgan fingerprint density at radius 3 is 2.29 bits per heavy atom. The first kappa shape index (κ1) is 21.4. The van der Waals surface area contributed by atoms with E-state index in [1.165, 1.54) is 19.3 Å². The molecule has 0 atom stereocenters. The first-order valence-corrected chi connectivity index (χ1v) is 11.5. The minimum absolute atomic E-state index is 0.0154. The summed E-state index contributed by atoms with van der Waals surface area (Å²) in [4.78, 5) is 29.5. The van der Waals surface area contributed by atoms with E-state index in [1.807, 2.05) is 46.5 Å². The van der Waals surface area contributed by atoms with Gasteiger partial charge in [0.15, 0.2) is 0 Å². The lowest BCUT2D eigenvalue weighted by Crippen LogP contribution is -2.54. The number of amides is 3. The number of nitrogens with one attached hydrogen (secondary N) is 1. The predicted molar refractivity (Wildman–Crippen MR) is 120 cm³/mol. The van der Waals surface area contributed by atoms with Gasteiger partial charge in [0.1, 0.15) is 0 Å². The maximum absolute atomic E-state index is 13.3. The summed E-state index contributed by atoms with van der Waals surface area (Å²) in [6.45, 7) is 6.76. The Balaban J connectivity index is 1.36. The number of nitrogens with zero attached hydrogens (tertiary/aromatic N) is 4. The second-order valence-corrected chi connectivity index (χ2v) is 8.75. The molecule has 1 saturated heterocycles. The van der Waals surface area contributed by atoms with Gasteiger partial charge in [-0.25, -0.2) is 4.79 Å². The zero-order valence-electron chi connectivity index (χ0n) is 18.6. The fourth-order valence-corrected chi connectivity index (χ4v) is 4.70. The summed E-state index contributed by atoms with van der Waals surface area (Å²) in [7, 11) is 0. The van der Waals surface area contributed by atoms with E-state index < -0.39 is 0 Å². The third-order valence-electron chi connectivity index (χ3n) is 6.56. The highest BCUT2D eigenvalue weighted by molar-refractivity contribution is 5.96. The van der Waals surface area contributed by atoms with Crippen molar-refractivity contribution in [2.75, 3.05) is 26.2 Å². The lowest BCUT2D eigenvalue weighted by molar-refractivity contribution is 0.0661. The minimum Gasteiger partial charge on any atom is -0.335 e. The second-order valence-electron chi connectivity index (χ2n) is 8.75. The van der Waals surface area contributed by atoms with Gasteiger partial charge in [-0.2, -0.15) is 5.10 Å². The Morgan fingerprint density at radius 2 is 1.61 bits per heavy atom. The number of hydrogen-bond donors (Lipinski definition) is 1. The van der Waals surface area contributed by atoms with E-state index in [1.54, 1.807) is 0 Å². The summed E-state index contributed by atoms with van der Waals surface area (Å²) >= 11 is 0. The largest absolute Gasteiger partial charge is 0.335 e. The third-order valence-corrected chi connectivity index (χ3v) is 6.56. The van der Waals surface area contributed by atoms with Crippen LogP contribution in [0.4, 0.5) is 4.79 Å². The molecule has 166 valence electrons. The fraction of sp³-hybridized carbons (Fsp3) is 0.542. The van der Waals surface area contributed by atoms with Gasteiger partial charge in [0.2, 0.25) is 0 Å². The Labute approximate surface area is 184 Å². The van der Waals surface area contributed by atoms with E-state index in [-0.39, 0.29) is 11.9 Å². The van der Waals surface area contributed by atoms with Crippen molar-refractivity contribution < 1.29 is 9.59 Å². The monoisotopic (exact) mass is 423 g/mol. The van der Waals surface area contributed by atoms with E-state index in [0.717, 1.165) is 29.8 Å². The van der Waals surface area contributed by atoms with Crippen molar-refractivity contribution in [3.05, 3.63) is 52.8 Å². The molecule has 1 aliphatic heterocycles. The number of aryl methyl sites for hydroxylation is 1. The Bertz CT molecular complexity index is 910. The average Bonchev–Trinajstić information content (AvgIpc) is 3.07. The Morgan fingerprint density at radius 1 is 0.968 bits per heavy atom. The van der Waals surface area contributed by atoms with E-state index in [4.69, 9.17) is 0 Å². The molecule has 1 N–H and O–H groups in total. The number of carbonyl (C=O) groups is 2. The molecule has 2 aromatic rings. The molecule has 1 aliphatic carbocycles. The maximum Gasteiger partial charge on any atom is 0.317 e. The molecule has 2 heterocycles. The number of carbonyl (C=O) groups excluding carboxylic acids is 2. The van der Waals surface area contributed by atoms with Crippen molar-refractivity contribution in [2.45, 2.75) is 58.5 Å². The molecule has 2 fully saturated rings. The van der Waals surface area contributed by atoms with Crippen molar-refractivity contribution in [2.24, 2.45) is 0 Å². The standard InChI is InChI=1S/C24H33N5O2/c1-18-22(19(2)29(26-18)17-20-9-5-3-6-10-20)23(30)27-13-15-28(16-14-27)24(31)25-21-11-7-4-8-12-21/h3,5-6,9-10,21H,4,7-8,11-17H2,1-2H3,(H,25,31). The normalized spacial score (nSPS) is 17.6. The topological polar surface area (TPSA) is 70.5 Å². The fourth-order valence-electron chi connectivity index (χ4n) is 4.70. The van der Waals surface area contributed by atoms with Crippen molar-refractivity contribution in [1.82, 2.24) is 24.9 Å². The van der Waals surface area contributed by atoms with Crippen LogP contribution in [0.5, 0.6) is 0 Å². The first-order valence-electron chi connectivity index (χ1n) is 11.5. The smallest absolute Gasteiger partial charge is 0.317 e. The zero-order chi connectivity index (χ0) is 21.8. The maximum atomic E-state index is 13.3. The van der Waals surface area contributed by atoms with Crippen molar-refractivity contribution in [1.29, 1.82) is 0 Å². The number of benzene rings is 1. The van der Waals surface area contributed by atoms with Gasteiger partial charge in [-0.1, -0.05) is 49.6 Å². The number of urea groups is 1. The van der Waals surface area contributed by atoms with Crippen LogP contribution in [0, 0.1) is 13.8 Å². The molecule has 7 nitrogen and oxygen atoms in total. The van der Waals surface area contributed by atoms with Gasteiger partial charge in [-0.3, -0.25) is 9.48 Å².